The van der Waals surface area contributed by atoms with Gasteiger partial charge < -0.3 is 0 Å². The van der Waals surface area contributed by atoms with Crippen molar-refractivity contribution in [3.8, 4) is 0 Å². The maximum absolute atomic E-state index is 4.08. The van der Waals surface area contributed by atoms with Crippen molar-refractivity contribution in [1.82, 2.24) is 19.6 Å². The SMILES string of the molecule is Cc1nnc2cnc(I)cn12. The van der Waals surface area contributed by atoms with Crippen molar-refractivity contribution >= 4 is 28.2 Å². The smallest absolute Gasteiger partial charge is 0.179 e. The van der Waals surface area contributed by atoms with Gasteiger partial charge in [0.2, 0.25) is 0 Å². The third kappa shape index (κ3) is 1.09. The van der Waals surface area contributed by atoms with E-state index in [1.54, 1.807) is 6.20 Å². The summed E-state index contributed by atoms with van der Waals surface area (Å²) in [4.78, 5) is 4.08. The maximum atomic E-state index is 4.08. The molecule has 0 aromatic carbocycles. The van der Waals surface area contributed by atoms with Gasteiger partial charge in [-0.1, -0.05) is 0 Å². The maximum Gasteiger partial charge on any atom is 0.179 e. The number of nitrogens with zero attached hydrogens (tertiary/aromatic N) is 4. The molecule has 0 aliphatic carbocycles. The number of hydrogen-bond acceptors (Lipinski definition) is 3. The molecule has 4 nitrogen and oxygen atoms in total. The van der Waals surface area contributed by atoms with Crippen LogP contribution in [0, 0.1) is 10.6 Å². The first-order chi connectivity index (χ1) is 5.27. The molecule has 0 saturated heterocycles. The highest BCUT2D eigenvalue weighted by molar-refractivity contribution is 14.1. The molecule has 0 spiro atoms. The molecule has 0 aliphatic rings. The van der Waals surface area contributed by atoms with Crippen LogP contribution in [0.25, 0.3) is 5.65 Å². The molecular weight excluding hydrogens is 255 g/mol. The van der Waals surface area contributed by atoms with Crippen molar-refractivity contribution in [2.75, 3.05) is 0 Å². The molecule has 0 saturated carbocycles. The number of hydrogen-bond donors (Lipinski definition) is 0. The van der Waals surface area contributed by atoms with Gasteiger partial charge in [0.1, 0.15) is 9.53 Å². The first-order valence-corrected chi connectivity index (χ1v) is 4.18. The highest BCUT2D eigenvalue weighted by Crippen LogP contribution is 2.04. The van der Waals surface area contributed by atoms with Crippen molar-refractivity contribution in [2.45, 2.75) is 6.92 Å². The molecule has 0 bridgehead atoms. The largest absolute Gasteiger partial charge is 0.283 e. The number of rotatable bonds is 0. The van der Waals surface area contributed by atoms with E-state index in [0.717, 1.165) is 15.2 Å². The molecule has 0 N–H and O–H groups in total. The van der Waals surface area contributed by atoms with Gasteiger partial charge >= 0.3 is 0 Å². The Hall–Kier alpha value is -0.720. The van der Waals surface area contributed by atoms with Crippen molar-refractivity contribution < 1.29 is 0 Å². The first kappa shape index (κ1) is 6.96. The lowest BCUT2D eigenvalue weighted by atomic mass is 10.6. The lowest BCUT2D eigenvalue weighted by Gasteiger charge is -1.92. The van der Waals surface area contributed by atoms with Crippen LogP contribution in [0.1, 0.15) is 5.82 Å². The zero-order chi connectivity index (χ0) is 7.84. The molecule has 0 amide bonds. The summed E-state index contributed by atoms with van der Waals surface area (Å²) in [5.41, 5.74) is 0.794. The average Bonchev–Trinajstić information content (AvgIpc) is 2.33. The third-order valence-corrected chi connectivity index (χ3v) is 1.99. The average molecular weight is 260 g/mol. The van der Waals surface area contributed by atoms with Crippen molar-refractivity contribution in [3.05, 3.63) is 21.9 Å². The van der Waals surface area contributed by atoms with E-state index in [9.17, 15) is 0 Å². The van der Waals surface area contributed by atoms with Gasteiger partial charge in [0.05, 0.1) is 6.20 Å². The predicted molar refractivity (Wildman–Crippen MR) is 48.2 cm³/mol. The summed E-state index contributed by atoms with van der Waals surface area (Å²) >= 11 is 2.15. The minimum Gasteiger partial charge on any atom is -0.283 e. The Balaban J connectivity index is 2.87. The summed E-state index contributed by atoms with van der Waals surface area (Å²) in [6.07, 6.45) is 3.62. The molecule has 0 aliphatic heterocycles. The van der Waals surface area contributed by atoms with Crippen LogP contribution >= 0.6 is 22.6 Å². The fourth-order valence-electron chi connectivity index (χ4n) is 0.893. The van der Waals surface area contributed by atoms with Gasteiger partial charge in [-0.15, -0.1) is 10.2 Å². The second kappa shape index (κ2) is 2.40. The van der Waals surface area contributed by atoms with Gasteiger partial charge in [0, 0.05) is 6.20 Å². The molecule has 0 unspecified atom stereocenters. The molecule has 2 heterocycles. The number of halogens is 1. The van der Waals surface area contributed by atoms with E-state index in [1.807, 2.05) is 17.5 Å². The number of aromatic nitrogens is 4. The van der Waals surface area contributed by atoms with E-state index in [0.29, 0.717) is 0 Å². The van der Waals surface area contributed by atoms with Gasteiger partial charge in [-0.25, -0.2) is 4.98 Å². The highest BCUT2D eigenvalue weighted by atomic mass is 127. The molecule has 11 heavy (non-hydrogen) atoms. The van der Waals surface area contributed by atoms with Crippen LogP contribution in [0.5, 0.6) is 0 Å². The number of aryl methyl sites for hydroxylation is 1. The highest BCUT2D eigenvalue weighted by Gasteiger charge is 1.99. The summed E-state index contributed by atoms with van der Waals surface area (Å²) in [5, 5.41) is 7.81. The van der Waals surface area contributed by atoms with Crippen molar-refractivity contribution in [1.29, 1.82) is 0 Å². The van der Waals surface area contributed by atoms with Crippen molar-refractivity contribution in [2.24, 2.45) is 0 Å². The molecule has 2 aromatic heterocycles. The summed E-state index contributed by atoms with van der Waals surface area (Å²) in [6.45, 7) is 1.91. The Bertz CT molecular complexity index is 394. The monoisotopic (exact) mass is 260 g/mol. The van der Waals surface area contributed by atoms with Crippen LogP contribution in [0.15, 0.2) is 12.4 Å². The second-order valence-electron chi connectivity index (χ2n) is 2.19. The van der Waals surface area contributed by atoms with Gasteiger partial charge in [-0.2, -0.15) is 0 Å². The van der Waals surface area contributed by atoms with Crippen LogP contribution in [0.3, 0.4) is 0 Å². The summed E-state index contributed by atoms with van der Waals surface area (Å²) in [7, 11) is 0. The van der Waals surface area contributed by atoms with Gasteiger partial charge in [0.15, 0.2) is 5.65 Å². The summed E-state index contributed by atoms with van der Waals surface area (Å²) < 4.78 is 2.85. The van der Waals surface area contributed by atoms with Crippen LogP contribution in [-0.4, -0.2) is 19.6 Å². The lowest BCUT2D eigenvalue weighted by molar-refractivity contribution is 0.996. The molecule has 0 fully saturated rings. The standard InChI is InChI=1S/C6H5IN4/c1-4-9-10-6-2-8-5(7)3-11(4)6/h2-3H,1H3. The van der Waals surface area contributed by atoms with E-state index < -0.39 is 0 Å². The normalized spacial score (nSPS) is 10.7. The van der Waals surface area contributed by atoms with Gasteiger partial charge in [-0.3, -0.25) is 4.40 Å². The minimum absolute atomic E-state index is 0.794. The topological polar surface area (TPSA) is 43.1 Å². The van der Waals surface area contributed by atoms with E-state index in [4.69, 9.17) is 0 Å². The van der Waals surface area contributed by atoms with Gasteiger partial charge in [-0.05, 0) is 29.5 Å². The first-order valence-electron chi connectivity index (χ1n) is 3.10. The molecular formula is C6H5IN4. The molecule has 56 valence electrons. The fraction of sp³-hybridized carbons (Fsp3) is 0.167. The Morgan fingerprint density at radius 2 is 2.27 bits per heavy atom. The van der Waals surface area contributed by atoms with Crippen molar-refractivity contribution in [3.63, 3.8) is 0 Å². The quantitative estimate of drug-likeness (QED) is 0.664. The lowest BCUT2D eigenvalue weighted by Crippen LogP contribution is -1.90. The van der Waals surface area contributed by atoms with Crippen LogP contribution in [-0.2, 0) is 0 Å². The molecule has 5 heteroatoms. The van der Waals surface area contributed by atoms with Gasteiger partial charge in [0.25, 0.3) is 0 Å². The Morgan fingerprint density at radius 1 is 1.45 bits per heavy atom. The van der Waals surface area contributed by atoms with E-state index in [1.165, 1.54) is 0 Å². The third-order valence-electron chi connectivity index (χ3n) is 1.43. The molecule has 0 atom stereocenters. The second-order valence-corrected chi connectivity index (χ2v) is 3.29. The molecule has 2 aromatic rings. The molecule has 0 radical (unpaired) electrons. The summed E-state index contributed by atoms with van der Waals surface area (Å²) in [5.74, 6) is 0.889. The predicted octanol–water partition coefficient (Wildman–Crippen LogP) is 1.04. The van der Waals surface area contributed by atoms with Crippen LogP contribution in [0.2, 0.25) is 0 Å². The van der Waals surface area contributed by atoms with E-state index in [2.05, 4.69) is 37.8 Å². The Kier molecular flexibility index (Phi) is 1.52. The molecule has 2 rings (SSSR count). The Morgan fingerprint density at radius 3 is 3.09 bits per heavy atom. The Labute approximate surface area is 76.8 Å². The van der Waals surface area contributed by atoms with E-state index >= 15 is 0 Å². The zero-order valence-electron chi connectivity index (χ0n) is 5.82. The number of fused-ring (bicyclic) bond motifs is 1. The van der Waals surface area contributed by atoms with Crippen LogP contribution in [0.4, 0.5) is 0 Å². The minimum atomic E-state index is 0.794. The van der Waals surface area contributed by atoms with E-state index in [-0.39, 0.29) is 0 Å². The zero-order valence-corrected chi connectivity index (χ0v) is 7.98. The summed E-state index contributed by atoms with van der Waals surface area (Å²) in [6, 6.07) is 0. The van der Waals surface area contributed by atoms with Crippen LogP contribution < -0.4 is 0 Å². The fourth-order valence-corrected chi connectivity index (χ4v) is 1.31.